The molecule has 2 aromatic rings. The number of methoxy groups -OCH3 is 1. The second-order valence-corrected chi connectivity index (χ2v) is 7.01. The number of likely N-dealkylation sites (tertiary alicyclic amines) is 1. The van der Waals surface area contributed by atoms with E-state index in [9.17, 15) is 19.2 Å². The zero-order valence-corrected chi connectivity index (χ0v) is 17.0. The second kappa shape index (κ2) is 9.90. The standard InChI is InChI=1S/C20H23FN6O4/c1-30-8-9-31-20(29)26-7-6-17(13(10-22)11-26)27-12-16(18(23)28)19(25-27)24-15-4-2-14(21)3-5-15/h2-5,12-13,17H,6-9,11H2,1H3,(H2,23,28)(H,24,25)/t13-,17+/m0/s1. The summed E-state index contributed by atoms with van der Waals surface area (Å²) in [6.45, 7) is 0.948. The Labute approximate surface area is 178 Å². The summed E-state index contributed by atoms with van der Waals surface area (Å²) in [6, 6.07) is 7.40. The smallest absolute Gasteiger partial charge is 0.409 e. The number of nitrogens with one attached hydrogen (secondary N) is 1. The largest absolute Gasteiger partial charge is 0.447 e. The van der Waals surface area contributed by atoms with E-state index in [1.165, 1.54) is 47.2 Å². The summed E-state index contributed by atoms with van der Waals surface area (Å²) >= 11 is 0. The molecule has 164 valence electrons. The molecule has 2 amide bonds. The molecule has 31 heavy (non-hydrogen) atoms. The third-order valence-electron chi connectivity index (χ3n) is 4.96. The number of halogens is 1. The molecule has 3 N–H and O–H groups in total. The van der Waals surface area contributed by atoms with Crippen LogP contribution in [0.15, 0.2) is 30.5 Å². The van der Waals surface area contributed by atoms with Gasteiger partial charge in [-0.15, -0.1) is 0 Å². The molecule has 0 spiro atoms. The van der Waals surface area contributed by atoms with Crippen LogP contribution in [0.25, 0.3) is 0 Å². The molecule has 3 rings (SSSR count). The molecule has 0 radical (unpaired) electrons. The van der Waals surface area contributed by atoms with Gasteiger partial charge in [-0.25, -0.2) is 9.18 Å². The normalized spacial score (nSPS) is 18.3. The number of nitrogens with two attached hydrogens (primary N) is 1. The van der Waals surface area contributed by atoms with Crippen LogP contribution in [0, 0.1) is 23.1 Å². The molecule has 1 saturated heterocycles. The van der Waals surface area contributed by atoms with Gasteiger partial charge in [-0.05, 0) is 30.7 Å². The molecular weight excluding hydrogens is 407 g/mol. The number of carbonyl (C=O) groups excluding carboxylic acids is 2. The first-order valence-corrected chi connectivity index (χ1v) is 9.64. The van der Waals surface area contributed by atoms with Crippen LogP contribution in [0.5, 0.6) is 0 Å². The lowest BCUT2D eigenvalue weighted by molar-refractivity contribution is 0.0568. The zero-order chi connectivity index (χ0) is 22.4. The Bertz CT molecular complexity index is 971. The molecule has 0 saturated carbocycles. The van der Waals surface area contributed by atoms with Crippen molar-refractivity contribution in [1.82, 2.24) is 14.7 Å². The quantitative estimate of drug-likeness (QED) is 0.642. The molecule has 11 heteroatoms. The molecular formula is C20H23FN6O4. The highest BCUT2D eigenvalue weighted by molar-refractivity contribution is 5.98. The topological polar surface area (TPSA) is 136 Å². The Kier molecular flexibility index (Phi) is 7.04. The third-order valence-corrected chi connectivity index (χ3v) is 4.96. The Hall–Kier alpha value is -3.65. The van der Waals surface area contributed by atoms with E-state index in [1.807, 2.05) is 0 Å². The van der Waals surface area contributed by atoms with Crippen LogP contribution < -0.4 is 11.1 Å². The van der Waals surface area contributed by atoms with E-state index >= 15 is 0 Å². The number of nitrogens with zero attached hydrogens (tertiary/aromatic N) is 4. The van der Waals surface area contributed by atoms with Gasteiger partial charge in [0, 0.05) is 32.1 Å². The average Bonchev–Trinajstić information content (AvgIpc) is 3.19. The van der Waals surface area contributed by atoms with Crippen molar-refractivity contribution >= 4 is 23.5 Å². The SMILES string of the molecule is COCCOC(=O)N1CC[C@@H](n2cc(C(N)=O)c(Nc3ccc(F)cc3)n2)[C@@H](C#N)C1. The lowest BCUT2D eigenvalue weighted by atomic mass is 9.94. The summed E-state index contributed by atoms with van der Waals surface area (Å²) in [5.74, 6) is -1.45. The molecule has 2 atom stereocenters. The predicted molar refractivity (Wildman–Crippen MR) is 108 cm³/mol. The van der Waals surface area contributed by atoms with E-state index in [0.29, 0.717) is 18.7 Å². The number of nitriles is 1. The van der Waals surface area contributed by atoms with E-state index in [-0.39, 0.29) is 37.2 Å². The molecule has 10 nitrogen and oxygen atoms in total. The molecule has 0 aliphatic carbocycles. The molecule has 0 bridgehead atoms. The van der Waals surface area contributed by atoms with Crippen LogP contribution in [0.1, 0.15) is 22.8 Å². The Morgan fingerprint density at radius 2 is 2.10 bits per heavy atom. The van der Waals surface area contributed by atoms with Gasteiger partial charge >= 0.3 is 6.09 Å². The second-order valence-electron chi connectivity index (χ2n) is 7.01. The van der Waals surface area contributed by atoms with Gasteiger partial charge < -0.3 is 25.4 Å². The van der Waals surface area contributed by atoms with Crippen molar-refractivity contribution in [3.63, 3.8) is 0 Å². The molecule has 1 aromatic heterocycles. The van der Waals surface area contributed by atoms with E-state index in [1.54, 1.807) is 0 Å². The molecule has 0 unspecified atom stereocenters. The van der Waals surface area contributed by atoms with Gasteiger partial charge in [-0.1, -0.05) is 0 Å². The molecule has 1 aliphatic rings. The maximum Gasteiger partial charge on any atom is 0.409 e. The summed E-state index contributed by atoms with van der Waals surface area (Å²) < 4.78 is 24.6. The summed E-state index contributed by atoms with van der Waals surface area (Å²) in [4.78, 5) is 25.5. The Balaban J connectivity index is 1.76. The Morgan fingerprint density at radius 3 is 2.74 bits per heavy atom. The van der Waals surface area contributed by atoms with Crippen molar-refractivity contribution in [3.8, 4) is 6.07 Å². The molecule has 1 aliphatic heterocycles. The van der Waals surface area contributed by atoms with Gasteiger partial charge in [0.25, 0.3) is 5.91 Å². The van der Waals surface area contributed by atoms with Crippen LogP contribution in [0.4, 0.5) is 20.7 Å². The maximum absolute atomic E-state index is 13.1. The number of rotatable bonds is 7. The first-order chi connectivity index (χ1) is 14.9. The summed E-state index contributed by atoms with van der Waals surface area (Å²) in [5, 5.41) is 17.0. The number of carbonyl (C=O) groups is 2. The van der Waals surface area contributed by atoms with E-state index in [0.717, 1.165) is 0 Å². The van der Waals surface area contributed by atoms with E-state index in [2.05, 4.69) is 16.5 Å². The van der Waals surface area contributed by atoms with Crippen LogP contribution in [0.2, 0.25) is 0 Å². The summed E-state index contributed by atoms with van der Waals surface area (Å²) in [5.41, 5.74) is 6.15. The van der Waals surface area contributed by atoms with Gasteiger partial charge in [-0.2, -0.15) is 10.4 Å². The number of piperidine rings is 1. The maximum atomic E-state index is 13.1. The van der Waals surface area contributed by atoms with Crippen molar-refractivity contribution in [2.75, 3.05) is 38.7 Å². The first-order valence-electron chi connectivity index (χ1n) is 9.64. The lowest BCUT2D eigenvalue weighted by Gasteiger charge is -2.34. The van der Waals surface area contributed by atoms with Crippen LogP contribution in [-0.2, 0) is 9.47 Å². The highest BCUT2D eigenvalue weighted by Crippen LogP contribution is 2.30. The first kappa shape index (κ1) is 22.0. The number of hydrogen-bond donors (Lipinski definition) is 2. The van der Waals surface area contributed by atoms with Gasteiger partial charge in [0.2, 0.25) is 0 Å². The third kappa shape index (κ3) is 5.29. The number of aromatic nitrogens is 2. The van der Waals surface area contributed by atoms with Crippen LogP contribution in [0.3, 0.4) is 0 Å². The van der Waals surface area contributed by atoms with Crippen molar-refractivity contribution in [2.45, 2.75) is 12.5 Å². The van der Waals surface area contributed by atoms with Gasteiger partial charge in [0.05, 0.1) is 24.6 Å². The summed E-state index contributed by atoms with van der Waals surface area (Å²) in [6.07, 6.45) is 1.41. The molecule has 2 heterocycles. The van der Waals surface area contributed by atoms with Crippen molar-refractivity contribution in [3.05, 3.63) is 41.8 Å². The summed E-state index contributed by atoms with van der Waals surface area (Å²) in [7, 11) is 1.51. The lowest BCUT2D eigenvalue weighted by Crippen LogP contribution is -2.44. The highest BCUT2D eigenvalue weighted by atomic mass is 19.1. The minimum atomic E-state index is -0.691. The van der Waals surface area contributed by atoms with E-state index in [4.69, 9.17) is 15.2 Å². The van der Waals surface area contributed by atoms with Crippen molar-refractivity contribution in [1.29, 1.82) is 5.26 Å². The monoisotopic (exact) mass is 430 g/mol. The molecule has 1 aromatic carbocycles. The van der Waals surface area contributed by atoms with E-state index < -0.39 is 23.7 Å². The fraction of sp³-hybridized carbons (Fsp3) is 0.400. The fourth-order valence-corrected chi connectivity index (χ4v) is 3.36. The van der Waals surface area contributed by atoms with Crippen molar-refractivity contribution in [2.24, 2.45) is 11.7 Å². The Morgan fingerprint density at radius 1 is 1.35 bits per heavy atom. The number of primary amides is 1. The minimum Gasteiger partial charge on any atom is -0.447 e. The number of ether oxygens (including phenoxy) is 2. The van der Waals surface area contributed by atoms with Crippen molar-refractivity contribution < 1.29 is 23.5 Å². The van der Waals surface area contributed by atoms with Gasteiger partial charge in [-0.3, -0.25) is 9.48 Å². The number of anilines is 2. The molecule has 1 fully saturated rings. The number of amides is 2. The van der Waals surface area contributed by atoms with Crippen LogP contribution >= 0.6 is 0 Å². The van der Waals surface area contributed by atoms with Gasteiger partial charge in [0.1, 0.15) is 18.0 Å². The predicted octanol–water partition coefficient (Wildman–Crippen LogP) is 2.03. The highest BCUT2D eigenvalue weighted by Gasteiger charge is 2.34. The number of benzene rings is 1. The van der Waals surface area contributed by atoms with Gasteiger partial charge in [0.15, 0.2) is 5.82 Å². The fourth-order valence-electron chi connectivity index (χ4n) is 3.36. The van der Waals surface area contributed by atoms with Crippen LogP contribution in [-0.4, -0.2) is 60.1 Å². The minimum absolute atomic E-state index is 0.131. The number of hydrogen-bond acceptors (Lipinski definition) is 7. The average molecular weight is 430 g/mol. The zero-order valence-electron chi connectivity index (χ0n) is 17.0.